The molecular weight excluding hydrogens is 267 g/mol. The minimum Gasteiger partial charge on any atom is -0.396 e. The molecule has 96 valence electrons. The Hall–Kier alpha value is -0.850. The van der Waals surface area contributed by atoms with E-state index in [-0.39, 0.29) is 15.6 Å². The third-order valence-corrected chi connectivity index (χ3v) is 4.89. The Balaban J connectivity index is 3.38. The molecule has 1 rings (SSSR count). The Kier molecular flexibility index (Phi) is 4.35. The lowest BCUT2D eigenvalue weighted by molar-refractivity contribution is 0.445. The molecule has 0 radical (unpaired) electrons. The van der Waals surface area contributed by atoms with Gasteiger partial charge >= 0.3 is 0 Å². The lowest BCUT2D eigenvalue weighted by Crippen LogP contribution is -2.30. The Morgan fingerprint density at radius 3 is 2.35 bits per heavy atom. The van der Waals surface area contributed by atoms with Crippen molar-refractivity contribution in [1.82, 2.24) is 4.31 Å². The maximum Gasteiger partial charge on any atom is 0.244 e. The summed E-state index contributed by atoms with van der Waals surface area (Å²) >= 11 is 5.74. The third-order valence-electron chi connectivity index (χ3n) is 2.37. The molecule has 7 heteroatoms. The Bertz CT molecular complexity index is 515. The number of sulfonamides is 1. The summed E-state index contributed by atoms with van der Waals surface area (Å²) in [6.45, 7) is 4.04. The van der Waals surface area contributed by atoms with E-state index in [9.17, 15) is 12.8 Å². The Morgan fingerprint density at radius 2 is 1.88 bits per heavy atom. The number of halogens is 2. The van der Waals surface area contributed by atoms with Gasteiger partial charge in [-0.1, -0.05) is 25.4 Å². The number of nitrogens with zero attached hydrogens (tertiary/aromatic N) is 1. The zero-order valence-corrected chi connectivity index (χ0v) is 11.1. The van der Waals surface area contributed by atoms with Gasteiger partial charge in [-0.2, -0.15) is 4.31 Å². The van der Waals surface area contributed by atoms with Gasteiger partial charge < -0.3 is 5.73 Å². The van der Waals surface area contributed by atoms with Gasteiger partial charge in [-0.15, -0.1) is 0 Å². The fraction of sp³-hybridized carbons (Fsp3) is 0.400. The maximum atomic E-state index is 13.1. The van der Waals surface area contributed by atoms with Crippen molar-refractivity contribution in [3.8, 4) is 0 Å². The molecule has 4 nitrogen and oxygen atoms in total. The van der Waals surface area contributed by atoms with Crippen LogP contribution in [0, 0.1) is 5.82 Å². The van der Waals surface area contributed by atoms with Gasteiger partial charge in [-0.05, 0) is 12.1 Å². The molecule has 0 heterocycles. The Labute approximate surface area is 105 Å². The van der Waals surface area contributed by atoms with E-state index in [2.05, 4.69) is 0 Å². The van der Waals surface area contributed by atoms with Gasteiger partial charge in [0.25, 0.3) is 0 Å². The van der Waals surface area contributed by atoms with Crippen LogP contribution in [0.3, 0.4) is 0 Å². The molecule has 1 aromatic carbocycles. The van der Waals surface area contributed by atoms with Gasteiger partial charge in [0.05, 0.1) is 10.7 Å². The second-order valence-electron chi connectivity index (χ2n) is 3.39. The number of nitrogen functional groups attached to an aromatic ring is 1. The monoisotopic (exact) mass is 280 g/mol. The van der Waals surface area contributed by atoms with Crippen molar-refractivity contribution in [3.63, 3.8) is 0 Å². The minimum absolute atomic E-state index is 0.163. The summed E-state index contributed by atoms with van der Waals surface area (Å²) in [5.74, 6) is -0.728. The zero-order chi connectivity index (χ0) is 13.2. The lowest BCUT2D eigenvalue weighted by Gasteiger charge is -2.19. The molecule has 0 atom stereocenters. The van der Waals surface area contributed by atoms with Crippen molar-refractivity contribution < 1.29 is 12.8 Å². The molecular formula is C10H14ClFN2O2S. The van der Waals surface area contributed by atoms with Crippen LogP contribution in [-0.4, -0.2) is 25.8 Å². The molecule has 0 aromatic heterocycles. The van der Waals surface area contributed by atoms with Gasteiger partial charge in [0.15, 0.2) is 0 Å². The molecule has 0 bridgehead atoms. The highest BCUT2D eigenvalue weighted by Crippen LogP contribution is 2.28. The summed E-state index contributed by atoms with van der Waals surface area (Å²) in [7, 11) is -3.72. The predicted octanol–water partition coefficient (Wildman–Crippen LogP) is 2.09. The number of hydrogen-bond acceptors (Lipinski definition) is 3. The van der Waals surface area contributed by atoms with E-state index in [1.807, 2.05) is 0 Å². The van der Waals surface area contributed by atoms with Crippen LogP contribution in [-0.2, 0) is 10.0 Å². The normalized spacial score (nSPS) is 12.1. The fourth-order valence-corrected chi connectivity index (χ4v) is 3.43. The van der Waals surface area contributed by atoms with Crippen molar-refractivity contribution in [2.75, 3.05) is 18.8 Å². The topological polar surface area (TPSA) is 63.4 Å². The standard InChI is InChI=1S/C10H14ClFN2O2S/c1-3-14(4-2)17(15,16)10-6-9(13)8(12)5-7(10)11/h5-6H,3-4,13H2,1-2H3. The largest absolute Gasteiger partial charge is 0.396 e. The molecule has 0 aliphatic heterocycles. The third kappa shape index (κ3) is 2.70. The number of nitrogens with two attached hydrogens (primary N) is 1. The Morgan fingerprint density at radius 1 is 1.35 bits per heavy atom. The number of hydrogen-bond donors (Lipinski definition) is 1. The molecule has 0 spiro atoms. The van der Waals surface area contributed by atoms with E-state index < -0.39 is 15.8 Å². The van der Waals surface area contributed by atoms with E-state index in [4.69, 9.17) is 17.3 Å². The quantitative estimate of drug-likeness (QED) is 0.859. The average Bonchev–Trinajstić information content (AvgIpc) is 2.24. The molecule has 2 N–H and O–H groups in total. The van der Waals surface area contributed by atoms with Crippen LogP contribution in [0.4, 0.5) is 10.1 Å². The summed E-state index contributed by atoms with van der Waals surface area (Å²) in [4.78, 5) is -0.165. The van der Waals surface area contributed by atoms with E-state index >= 15 is 0 Å². The van der Waals surface area contributed by atoms with Crippen molar-refractivity contribution in [1.29, 1.82) is 0 Å². The highest BCUT2D eigenvalue weighted by molar-refractivity contribution is 7.89. The maximum absolute atomic E-state index is 13.1. The number of rotatable bonds is 4. The van der Waals surface area contributed by atoms with E-state index in [0.717, 1.165) is 12.1 Å². The summed E-state index contributed by atoms with van der Waals surface area (Å²) < 4.78 is 38.6. The number of benzene rings is 1. The lowest BCUT2D eigenvalue weighted by atomic mass is 10.3. The molecule has 0 amide bonds. The second-order valence-corrected chi connectivity index (χ2v) is 5.71. The highest BCUT2D eigenvalue weighted by Gasteiger charge is 2.25. The molecule has 0 saturated heterocycles. The van der Waals surface area contributed by atoms with Crippen molar-refractivity contribution in [3.05, 3.63) is 23.0 Å². The zero-order valence-electron chi connectivity index (χ0n) is 9.57. The molecule has 17 heavy (non-hydrogen) atoms. The van der Waals surface area contributed by atoms with E-state index in [0.29, 0.717) is 13.1 Å². The molecule has 0 saturated carbocycles. The average molecular weight is 281 g/mol. The first-order valence-corrected chi connectivity index (χ1v) is 6.91. The van der Waals surface area contributed by atoms with Crippen molar-refractivity contribution in [2.24, 2.45) is 0 Å². The van der Waals surface area contributed by atoms with Crippen LogP contribution < -0.4 is 5.73 Å². The smallest absolute Gasteiger partial charge is 0.244 e. The van der Waals surface area contributed by atoms with Crippen molar-refractivity contribution in [2.45, 2.75) is 18.7 Å². The van der Waals surface area contributed by atoms with Crippen LogP contribution in [0.2, 0.25) is 5.02 Å². The molecule has 0 aliphatic rings. The van der Waals surface area contributed by atoms with Crippen LogP contribution in [0.25, 0.3) is 0 Å². The van der Waals surface area contributed by atoms with Crippen LogP contribution >= 0.6 is 11.6 Å². The summed E-state index contributed by atoms with van der Waals surface area (Å²) in [5.41, 5.74) is 5.12. The summed E-state index contributed by atoms with van der Waals surface area (Å²) in [5, 5.41) is -0.163. The SMILES string of the molecule is CCN(CC)S(=O)(=O)c1cc(N)c(F)cc1Cl. The molecule has 0 unspecified atom stereocenters. The second kappa shape index (κ2) is 5.20. The molecule has 0 aliphatic carbocycles. The molecule has 0 fully saturated rings. The first-order chi connectivity index (χ1) is 7.84. The predicted molar refractivity (Wildman–Crippen MR) is 65.9 cm³/mol. The van der Waals surface area contributed by atoms with Gasteiger partial charge in [-0.3, -0.25) is 0 Å². The first-order valence-electron chi connectivity index (χ1n) is 5.09. The molecule has 1 aromatic rings. The summed E-state index contributed by atoms with van der Waals surface area (Å²) in [6.07, 6.45) is 0. The van der Waals surface area contributed by atoms with E-state index in [1.165, 1.54) is 4.31 Å². The van der Waals surface area contributed by atoms with Crippen molar-refractivity contribution >= 4 is 27.3 Å². The minimum atomic E-state index is -3.72. The number of anilines is 1. The van der Waals surface area contributed by atoms with Crippen LogP contribution in [0.5, 0.6) is 0 Å². The highest BCUT2D eigenvalue weighted by atomic mass is 35.5. The van der Waals surface area contributed by atoms with Crippen LogP contribution in [0.15, 0.2) is 17.0 Å². The van der Waals surface area contributed by atoms with Gasteiger partial charge in [0, 0.05) is 13.1 Å². The van der Waals surface area contributed by atoms with Gasteiger partial charge in [-0.25, -0.2) is 12.8 Å². The van der Waals surface area contributed by atoms with E-state index in [1.54, 1.807) is 13.8 Å². The fourth-order valence-electron chi connectivity index (χ4n) is 1.45. The van der Waals surface area contributed by atoms with Gasteiger partial charge in [0.1, 0.15) is 10.7 Å². The summed E-state index contributed by atoms with van der Waals surface area (Å²) in [6, 6.07) is 1.96. The van der Waals surface area contributed by atoms with Crippen LogP contribution in [0.1, 0.15) is 13.8 Å². The van der Waals surface area contributed by atoms with Gasteiger partial charge in [0.2, 0.25) is 10.0 Å². The first kappa shape index (κ1) is 14.2.